The molecule has 0 N–H and O–H groups in total. The van der Waals surface area contributed by atoms with Gasteiger partial charge in [0.2, 0.25) is 5.91 Å². The van der Waals surface area contributed by atoms with Crippen molar-refractivity contribution < 1.29 is 9.21 Å². The van der Waals surface area contributed by atoms with Crippen molar-refractivity contribution in [3.8, 4) is 0 Å². The lowest BCUT2D eigenvalue weighted by atomic mass is 10.1. The summed E-state index contributed by atoms with van der Waals surface area (Å²) in [7, 11) is 1.85. The molecule has 19 heavy (non-hydrogen) atoms. The van der Waals surface area contributed by atoms with Gasteiger partial charge in [-0.3, -0.25) is 4.79 Å². The van der Waals surface area contributed by atoms with Gasteiger partial charge >= 0.3 is 0 Å². The quantitative estimate of drug-likeness (QED) is 0.840. The maximum atomic E-state index is 11.9. The second-order valence-electron chi connectivity index (χ2n) is 4.54. The van der Waals surface area contributed by atoms with E-state index < -0.39 is 0 Å². The number of hydrogen-bond acceptors (Lipinski definition) is 3. The summed E-state index contributed by atoms with van der Waals surface area (Å²) in [5.74, 6) is 1.65. The number of amides is 1. The molecular weight excluding hydrogens is 258 g/mol. The van der Waals surface area contributed by atoms with Crippen LogP contribution < -0.4 is 0 Å². The number of para-hydroxylation sites is 1. The molecule has 0 fully saturated rings. The normalized spacial score (nSPS) is 10.9. The monoisotopic (exact) mass is 277 g/mol. The number of carbonyl (C=O) groups excluding carboxylic acids is 1. The van der Waals surface area contributed by atoms with Gasteiger partial charge in [-0.05, 0) is 12.3 Å². The van der Waals surface area contributed by atoms with Crippen molar-refractivity contribution in [3.05, 3.63) is 35.6 Å². The van der Waals surface area contributed by atoms with E-state index in [0.29, 0.717) is 12.3 Å². The number of fused-ring (bicyclic) bond motifs is 1. The van der Waals surface area contributed by atoms with E-state index in [-0.39, 0.29) is 5.91 Å². The molecule has 2 aromatic rings. The summed E-state index contributed by atoms with van der Waals surface area (Å²) < 4.78 is 5.85. The molecule has 1 aromatic heterocycles. The SMILES string of the molecule is CCc1oc2ccccc2c1CN(C)C(=O)CSC. The maximum absolute atomic E-state index is 11.9. The molecule has 0 aliphatic carbocycles. The van der Waals surface area contributed by atoms with E-state index >= 15 is 0 Å². The van der Waals surface area contributed by atoms with Crippen LogP contribution in [0, 0.1) is 0 Å². The van der Waals surface area contributed by atoms with Crippen LogP contribution in [-0.2, 0) is 17.8 Å². The van der Waals surface area contributed by atoms with Gasteiger partial charge < -0.3 is 9.32 Å². The third-order valence-corrected chi connectivity index (χ3v) is 3.73. The fraction of sp³-hybridized carbons (Fsp3) is 0.400. The van der Waals surface area contributed by atoms with E-state index in [1.165, 1.54) is 0 Å². The van der Waals surface area contributed by atoms with Crippen LogP contribution >= 0.6 is 11.8 Å². The summed E-state index contributed by atoms with van der Waals surface area (Å²) in [6.07, 6.45) is 2.78. The van der Waals surface area contributed by atoms with Gasteiger partial charge in [0.25, 0.3) is 0 Å². The zero-order valence-corrected chi connectivity index (χ0v) is 12.4. The number of hydrogen-bond donors (Lipinski definition) is 0. The maximum Gasteiger partial charge on any atom is 0.232 e. The van der Waals surface area contributed by atoms with E-state index in [9.17, 15) is 4.79 Å². The fourth-order valence-electron chi connectivity index (χ4n) is 2.17. The Bertz CT molecular complexity index is 577. The van der Waals surface area contributed by atoms with Crippen molar-refractivity contribution in [1.29, 1.82) is 0 Å². The summed E-state index contributed by atoms with van der Waals surface area (Å²) in [6.45, 7) is 2.69. The first-order chi connectivity index (χ1) is 9.17. The van der Waals surface area contributed by atoms with Crippen LogP contribution in [0.3, 0.4) is 0 Å². The predicted octanol–water partition coefficient (Wildman–Crippen LogP) is 3.32. The van der Waals surface area contributed by atoms with Crippen LogP contribution in [0.2, 0.25) is 0 Å². The van der Waals surface area contributed by atoms with Crippen molar-refractivity contribution in [2.75, 3.05) is 19.1 Å². The van der Waals surface area contributed by atoms with Gasteiger partial charge in [-0.15, -0.1) is 0 Å². The molecule has 0 aliphatic heterocycles. The molecule has 0 unspecified atom stereocenters. The average Bonchev–Trinajstić information content (AvgIpc) is 2.77. The first-order valence-electron chi connectivity index (χ1n) is 6.39. The molecule has 0 aliphatic rings. The molecule has 1 heterocycles. The van der Waals surface area contributed by atoms with E-state index in [2.05, 4.69) is 13.0 Å². The lowest BCUT2D eigenvalue weighted by molar-refractivity contribution is -0.127. The van der Waals surface area contributed by atoms with Gasteiger partial charge in [0, 0.05) is 31.0 Å². The standard InChI is InChI=1S/C15H19NO2S/c1-4-13-12(9-16(2)15(17)10-19-3)11-7-5-6-8-14(11)18-13/h5-8H,4,9-10H2,1-3H3. The second-order valence-corrected chi connectivity index (χ2v) is 5.40. The molecule has 1 amide bonds. The Morgan fingerprint density at radius 1 is 1.37 bits per heavy atom. The first kappa shape index (κ1) is 14.0. The Balaban J connectivity index is 2.30. The summed E-state index contributed by atoms with van der Waals surface area (Å²) >= 11 is 1.55. The number of nitrogens with zero attached hydrogens (tertiary/aromatic N) is 1. The summed E-state index contributed by atoms with van der Waals surface area (Å²) in [5.41, 5.74) is 2.04. The molecule has 3 nitrogen and oxygen atoms in total. The molecule has 1 aromatic carbocycles. The van der Waals surface area contributed by atoms with Gasteiger partial charge in [0.15, 0.2) is 0 Å². The van der Waals surface area contributed by atoms with Crippen molar-refractivity contribution in [3.63, 3.8) is 0 Å². The van der Waals surface area contributed by atoms with Gasteiger partial charge in [-0.2, -0.15) is 11.8 Å². The average molecular weight is 277 g/mol. The lowest BCUT2D eigenvalue weighted by Gasteiger charge is -2.16. The molecule has 2 rings (SSSR count). The number of thioether (sulfide) groups is 1. The van der Waals surface area contributed by atoms with Crippen LogP contribution in [0.1, 0.15) is 18.2 Å². The number of carbonyl (C=O) groups is 1. The molecule has 0 spiro atoms. The minimum absolute atomic E-state index is 0.153. The van der Waals surface area contributed by atoms with Gasteiger partial charge in [-0.25, -0.2) is 0 Å². The molecule has 0 saturated heterocycles. The zero-order chi connectivity index (χ0) is 13.8. The molecule has 0 saturated carbocycles. The highest BCUT2D eigenvalue weighted by atomic mass is 32.2. The van der Waals surface area contributed by atoms with Crippen molar-refractivity contribution in [2.24, 2.45) is 0 Å². The third-order valence-electron chi connectivity index (χ3n) is 3.19. The van der Waals surface area contributed by atoms with Crippen LogP contribution in [0.15, 0.2) is 28.7 Å². The third kappa shape index (κ3) is 2.95. The topological polar surface area (TPSA) is 33.5 Å². The van der Waals surface area contributed by atoms with Crippen LogP contribution in [0.5, 0.6) is 0 Å². The zero-order valence-electron chi connectivity index (χ0n) is 11.6. The van der Waals surface area contributed by atoms with E-state index in [4.69, 9.17) is 4.42 Å². The lowest BCUT2D eigenvalue weighted by Crippen LogP contribution is -2.27. The smallest absolute Gasteiger partial charge is 0.232 e. The minimum atomic E-state index is 0.153. The van der Waals surface area contributed by atoms with E-state index in [0.717, 1.165) is 28.7 Å². The Morgan fingerprint density at radius 3 is 2.79 bits per heavy atom. The number of rotatable bonds is 5. The summed E-state index contributed by atoms with van der Waals surface area (Å²) in [4.78, 5) is 13.7. The van der Waals surface area contributed by atoms with Gasteiger partial charge in [0.05, 0.1) is 5.75 Å². The highest BCUT2D eigenvalue weighted by Gasteiger charge is 2.16. The number of benzene rings is 1. The Kier molecular flexibility index (Phi) is 4.53. The van der Waals surface area contributed by atoms with E-state index in [1.807, 2.05) is 31.5 Å². The van der Waals surface area contributed by atoms with Crippen LogP contribution in [-0.4, -0.2) is 29.9 Å². The Labute approximate surface area is 118 Å². The molecular formula is C15H19NO2S. The summed E-state index contributed by atoms with van der Waals surface area (Å²) in [5, 5.41) is 1.11. The Hall–Kier alpha value is -1.42. The highest BCUT2D eigenvalue weighted by Crippen LogP contribution is 2.27. The molecule has 4 heteroatoms. The van der Waals surface area contributed by atoms with Crippen molar-refractivity contribution >= 4 is 28.6 Å². The largest absolute Gasteiger partial charge is 0.461 e. The first-order valence-corrected chi connectivity index (χ1v) is 7.79. The van der Waals surface area contributed by atoms with E-state index in [1.54, 1.807) is 16.7 Å². The van der Waals surface area contributed by atoms with Gasteiger partial charge in [0.1, 0.15) is 11.3 Å². The molecule has 0 atom stereocenters. The van der Waals surface area contributed by atoms with Crippen LogP contribution in [0.25, 0.3) is 11.0 Å². The Morgan fingerprint density at radius 2 is 2.11 bits per heavy atom. The number of furan rings is 1. The van der Waals surface area contributed by atoms with Gasteiger partial charge in [-0.1, -0.05) is 25.1 Å². The second kappa shape index (κ2) is 6.15. The van der Waals surface area contributed by atoms with Crippen molar-refractivity contribution in [2.45, 2.75) is 19.9 Å². The fourth-order valence-corrected chi connectivity index (χ4v) is 2.63. The predicted molar refractivity (Wildman–Crippen MR) is 80.4 cm³/mol. The minimum Gasteiger partial charge on any atom is -0.461 e. The molecule has 0 radical (unpaired) electrons. The van der Waals surface area contributed by atoms with Crippen LogP contribution in [0.4, 0.5) is 0 Å². The summed E-state index contributed by atoms with van der Waals surface area (Å²) in [6, 6.07) is 8.00. The highest BCUT2D eigenvalue weighted by molar-refractivity contribution is 7.99. The van der Waals surface area contributed by atoms with Crippen molar-refractivity contribution in [1.82, 2.24) is 4.90 Å². The number of aryl methyl sites for hydroxylation is 1. The molecule has 0 bridgehead atoms. The molecule has 102 valence electrons.